The van der Waals surface area contributed by atoms with Crippen molar-refractivity contribution in [3.63, 3.8) is 0 Å². The van der Waals surface area contributed by atoms with Crippen LogP contribution in [-0.4, -0.2) is 66.0 Å². The summed E-state index contributed by atoms with van der Waals surface area (Å²) in [5, 5.41) is 12.2. The number of thiazole rings is 1. The smallest absolute Gasteiger partial charge is 0.407 e. The normalized spacial score (nSPS) is 16.7. The third kappa shape index (κ3) is 7.54. The van der Waals surface area contributed by atoms with Crippen LogP contribution in [0.4, 0.5) is 4.79 Å². The van der Waals surface area contributed by atoms with Gasteiger partial charge in [0, 0.05) is 19.5 Å². The number of carbonyl (C=O) groups excluding carboxylic acids is 2. The summed E-state index contributed by atoms with van der Waals surface area (Å²) in [6, 6.07) is 11.8. The van der Waals surface area contributed by atoms with Crippen molar-refractivity contribution in [2.75, 3.05) is 13.2 Å². The summed E-state index contributed by atoms with van der Waals surface area (Å²) in [6.07, 6.45) is 0.881. The molecule has 1 unspecified atom stereocenters. The highest BCUT2D eigenvalue weighted by molar-refractivity contribution is 7.16. The van der Waals surface area contributed by atoms with E-state index < -0.39 is 38.3 Å². The van der Waals surface area contributed by atoms with Crippen LogP contribution in [-0.2, 0) is 27.0 Å². The predicted molar refractivity (Wildman–Crippen MR) is 172 cm³/mol. The first-order chi connectivity index (χ1) is 20.2. The van der Waals surface area contributed by atoms with Crippen molar-refractivity contribution in [2.24, 2.45) is 5.73 Å². The van der Waals surface area contributed by atoms with E-state index in [1.54, 1.807) is 4.57 Å². The van der Waals surface area contributed by atoms with Gasteiger partial charge in [-0.1, -0.05) is 62.4 Å². The lowest BCUT2D eigenvalue weighted by Crippen LogP contribution is -2.56. The number of nitrogens with one attached hydrogen (secondary N) is 1. The van der Waals surface area contributed by atoms with Crippen molar-refractivity contribution >= 4 is 47.8 Å². The van der Waals surface area contributed by atoms with Crippen LogP contribution in [0, 0.1) is 0 Å². The van der Waals surface area contributed by atoms with Gasteiger partial charge in [0.25, 0.3) is 0 Å². The summed E-state index contributed by atoms with van der Waals surface area (Å²) in [7, 11) is -1.90. The van der Waals surface area contributed by atoms with Gasteiger partial charge in [0.2, 0.25) is 11.8 Å². The number of amides is 3. The van der Waals surface area contributed by atoms with E-state index in [1.807, 2.05) is 42.5 Å². The van der Waals surface area contributed by atoms with Crippen molar-refractivity contribution in [2.45, 2.75) is 83.2 Å². The number of benzene rings is 2. The van der Waals surface area contributed by atoms with E-state index in [9.17, 15) is 24.3 Å². The molecule has 0 saturated carbocycles. The summed E-state index contributed by atoms with van der Waals surface area (Å²) < 4.78 is 8.97. The van der Waals surface area contributed by atoms with E-state index in [1.165, 1.54) is 11.3 Å². The van der Waals surface area contributed by atoms with Crippen LogP contribution < -0.4 is 15.9 Å². The summed E-state index contributed by atoms with van der Waals surface area (Å²) in [4.78, 5) is 50.5. The topological polar surface area (TPSA) is 144 Å². The molecule has 0 aliphatic carbocycles. The van der Waals surface area contributed by atoms with Crippen LogP contribution in [0.2, 0.25) is 18.1 Å². The fraction of sp³-hybridized carbons (Fsp3) is 0.484. The zero-order chi connectivity index (χ0) is 31.5. The standard InChI is InChI=1S/C31H42N4O6SSi/c1-31(2,3)43(4,5)41-17-16-35-24-14-13-22(19-26(24)42-30(35)40)21-11-9-20(10-12-21)18-23(27(32)36)33-28(37)25-8-6-7-15-34(25)29(38)39/h9-14,19,23,25H,6-8,15-18H2,1-5H3,(H2,32,36)(H,33,37)(H,38,39)/t23-,25?/m0/s1. The lowest BCUT2D eigenvalue weighted by Gasteiger charge is -2.36. The molecule has 3 amide bonds. The van der Waals surface area contributed by atoms with E-state index >= 15 is 0 Å². The average Bonchev–Trinajstić information content (AvgIpc) is 3.26. The van der Waals surface area contributed by atoms with Crippen LogP contribution in [0.3, 0.4) is 0 Å². The first-order valence-electron chi connectivity index (χ1n) is 14.6. The number of fused-ring (bicyclic) bond motifs is 1. The lowest BCUT2D eigenvalue weighted by molar-refractivity contribution is -0.131. The maximum atomic E-state index is 12.9. The van der Waals surface area contributed by atoms with Gasteiger partial charge < -0.3 is 20.6 Å². The second kappa shape index (κ2) is 13.0. The van der Waals surface area contributed by atoms with Gasteiger partial charge in [0.05, 0.1) is 16.8 Å². The van der Waals surface area contributed by atoms with E-state index in [0.29, 0.717) is 26.0 Å². The molecule has 1 aliphatic rings. The van der Waals surface area contributed by atoms with Gasteiger partial charge >= 0.3 is 11.0 Å². The van der Waals surface area contributed by atoms with Crippen molar-refractivity contribution in [3.05, 3.63) is 57.7 Å². The molecule has 0 bridgehead atoms. The number of nitrogens with two attached hydrogens (primary N) is 1. The van der Waals surface area contributed by atoms with E-state index in [2.05, 4.69) is 39.2 Å². The Morgan fingerprint density at radius 2 is 1.79 bits per heavy atom. The molecule has 1 fully saturated rings. The molecular weight excluding hydrogens is 585 g/mol. The molecule has 4 N–H and O–H groups in total. The van der Waals surface area contributed by atoms with Crippen molar-refractivity contribution in [1.29, 1.82) is 0 Å². The lowest BCUT2D eigenvalue weighted by atomic mass is 9.99. The van der Waals surface area contributed by atoms with Crippen LogP contribution in [0.25, 0.3) is 21.3 Å². The van der Waals surface area contributed by atoms with Crippen LogP contribution in [0.5, 0.6) is 0 Å². The molecule has 10 nitrogen and oxygen atoms in total. The summed E-state index contributed by atoms with van der Waals surface area (Å²) in [5.74, 6) is -1.19. The molecule has 0 radical (unpaired) electrons. The highest BCUT2D eigenvalue weighted by Crippen LogP contribution is 2.36. The summed E-state index contributed by atoms with van der Waals surface area (Å²) in [5.41, 5.74) is 9.18. The third-order valence-electron chi connectivity index (χ3n) is 8.69. The summed E-state index contributed by atoms with van der Waals surface area (Å²) in [6.45, 7) is 12.3. The highest BCUT2D eigenvalue weighted by Gasteiger charge is 2.37. The molecule has 2 aromatic carbocycles. The summed E-state index contributed by atoms with van der Waals surface area (Å²) >= 11 is 1.22. The quantitative estimate of drug-likeness (QED) is 0.276. The Kier molecular flexibility index (Phi) is 9.82. The van der Waals surface area contributed by atoms with Crippen molar-refractivity contribution < 1.29 is 23.9 Å². The minimum Gasteiger partial charge on any atom is -0.465 e. The number of likely N-dealkylation sites (tertiary alicyclic amines) is 1. The minimum absolute atomic E-state index is 0.0134. The Bertz CT molecular complexity index is 1540. The maximum absolute atomic E-state index is 12.9. The first-order valence-corrected chi connectivity index (χ1v) is 18.4. The second-order valence-corrected chi connectivity index (χ2v) is 18.5. The van der Waals surface area contributed by atoms with Crippen LogP contribution in [0.1, 0.15) is 45.6 Å². The molecule has 232 valence electrons. The SMILES string of the molecule is CC(C)(C)[Si](C)(C)OCCn1c(=O)sc2cc(-c3ccc(C[C@H](NC(=O)C4CCCCN4C(=O)O)C(N)=O)cc3)ccc21. The van der Waals surface area contributed by atoms with Gasteiger partial charge in [-0.25, -0.2) is 4.79 Å². The van der Waals surface area contributed by atoms with Gasteiger partial charge in [0.15, 0.2) is 8.32 Å². The fourth-order valence-electron chi connectivity index (χ4n) is 5.06. The van der Waals surface area contributed by atoms with Crippen LogP contribution in [0.15, 0.2) is 47.3 Å². The van der Waals surface area contributed by atoms with E-state index in [0.717, 1.165) is 38.2 Å². The number of primary amides is 1. The molecule has 1 saturated heterocycles. The fourth-order valence-corrected chi connectivity index (χ4v) is 7.05. The Hall–Kier alpha value is -3.48. The number of hydrogen-bond donors (Lipinski definition) is 3. The van der Waals surface area contributed by atoms with Gasteiger partial charge in [-0.3, -0.25) is 23.9 Å². The largest absolute Gasteiger partial charge is 0.465 e. The molecule has 43 heavy (non-hydrogen) atoms. The zero-order valence-electron chi connectivity index (χ0n) is 25.5. The highest BCUT2D eigenvalue weighted by atomic mass is 32.1. The number of carboxylic acid groups (broad SMARTS) is 1. The Balaban J connectivity index is 1.43. The number of rotatable bonds is 10. The monoisotopic (exact) mass is 626 g/mol. The molecular formula is C31H42N4O6SSi. The average molecular weight is 627 g/mol. The van der Waals surface area contributed by atoms with Crippen LogP contribution >= 0.6 is 11.3 Å². The third-order valence-corrected chi connectivity index (χ3v) is 14.2. The number of nitrogens with zero attached hydrogens (tertiary/aromatic N) is 2. The van der Waals surface area contributed by atoms with Crippen molar-refractivity contribution in [3.8, 4) is 11.1 Å². The Morgan fingerprint density at radius 1 is 1.12 bits per heavy atom. The number of hydrogen-bond acceptors (Lipinski definition) is 6. The Labute approximate surface area is 257 Å². The molecule has 1 aromatic heterocycles. The first kappa shape index (κ1) is 32.4. The molecule has 2 heterocycles. The minimum atomic E-state index is -1.90. The van der Waals surface area contributed by atoms with Gasteiger partial charge in [0.1, 0.15) is 12.1 Å². The predicted octanol–water partition coefficient (Wildman–Crippen LogP) is 4.80. The van der Waals surface area contributed by atoms with Gasteiger partial charge in [-0.2, -0.15) is 0 Å². The molecule has 3 aromatic rings. The zero-order valence-corrected chi connectivity index (χ0v) is 27.3. The van der Waals surface area contributed by atoms with Gasteiger partial charge in [-0.05, 0) is 66.2 Å². The molecule has 2 atom stereocenters. The van der Waals surface area contributed by atoms with E-state index in [4.69, 9.17) is 10.2 Å². The molecule has 1 aliphatic heterocycles. The number of carbonyl (C=O) groups is 3. The maximum Gasteiger partial charge on any atom is 0.407 e. The molecule has 4 rings (SSSR count). The second-order valence-electron chi connectivity index (χ2n) is 12.7. The Morgan fingerprint density at radius 3 is 2.42 bits per heavy atom. The van der Waals surface area contributed by atoms with E-state index in [-0.39, 0.29) is 22.9 Å². The van der Waals surface area contributed by atoms with Gasteiger partial charge in [-0.15, -0.1) is 0 Å². The molecule has 12 heteroatoms. The molecule has 0 spiro atoms. The number of piperidine rings is 1. The number of aromatic nitrogens is 1. The van der Waals surface area contributed by atoms with Crippen molar-refractivity contribution in [1.82, 2.24) is 14.8 Å².